The molecule has 3 nitrogen and oxygen atoms in total. The van der Waals surface area contributed by atoms with Crippen LogP contribution in [0.4, 0.5) is 18.9 Å². The molecule has 2 rings (SSSR count). The molecule has 0 atom stereocenters. The monoisotopic (exact) mass is 319 g/mol. The van der Waals surface area contributed by atoms with E-state index in [1.54, 1.807) is 18.2 Å². The number of rotatable bonds is 2. The molecule has 0 unspecified atom stereocenters. The van der Waals surface area contributed by atoms with Crippen LogP contribution in [0.1, 0.15) is 11.1 Å². The molecule has 1 aromatic carbocycles. The maximum absolute atomic E-state index is 12.4. The molecule has 96 valence electrons. The average molecular weight is 320 g/mol. The summed E-state index contributed by atoms with van der Waals surface area (Å²) in [5, 5.41) is 3.69. The van der Waals surface area contributed by atoms with Crippen molar-refractivity contribution < 1.29 is 13.2 Å². The number of hydrogen-bond donors (Lipinski definition) is 1. The summed E-state index contributed by atoms with van der Waals surface area (Å²) in [6.07, 6.45) is -2.58. The van der Waals surface area contributed by atoms with Crippen molar-refractivity contribution in [3.05, 3.63) is 46.2 Å². The van der Waals surface area contributed by atoms with Crippen LogP contribution in [0.2, 0.25) is 0 Å². The first-order chi connectivity index (χ1) is 8.36. The van der Waals surface area contributed by atoms with Crippen LogP contribution in [0.15, 0.2) is 35.1 Å². The summed E-state index contributed by atoms with van der Waals surface area (Å²) in [5.41, 5.74) is 6.22. The highest BCUT2D eigenvalue weighted by Gasteiger charge is 2.32. The van der Waals surface area contributed by atoms with Crippen molar-refractivity contribution >= 4 is 21.6 Å². The van der Waals surface area contributed by atoms with E-state index in [1.807, 2.05) is 0 Å². The third-order valence-electron chi connectivity index (χ3n) is 2.37. The Morgan fingerprint density at radius 1 is 1.33 bits per heavy atom. The van der Waals surface area contributed by atoms with Gasteiger partial charge in [-0.05, 0) is 17.7 Å². The number of aromatic nitrogens is 2. The number of nitrogens with zero attached hydrogens (tertiary/aromatic N) is 2. The molecule has 0 saturated heterocycles. The number of nitrogen functional groups attached to an aromatic ring is 1. The van der Waals surface area contributed by atoms with Crippen LogP contribution in [0.5, 0.6) is 0 Å². The van der Waals surface area contributed by atoms with E-state index in [4.69, 9.17) is 5.73 Å². The van der Waals surface area contributed by atoms with Gasteiger partial charge in [-0.1, -0.05) is 22.0 Å². The summed E-state index contributed by atoms with van der Waals surface area (Å²) in [5.74, 6) is 0. The van der Waals surface area contributed by atoms with E-state index < -0.39 is 11.7 Å². The lowest BCUT2D eigenvalue weighted by Gasteiger charge is -2.06. The summed E-state index contributed by atoms with van der Waals surface area (Å²) in [7, 11) is 0. The van der Waals surface area contributed by atoms with Crippen LogP contribution < -0.4 is 5.73 Å². The van der Waals surface area contributed by atoms with Crippen LogP contribution >= 0.6 is 15.9 Å². The molecular formula is C11H9BrF3N3. The Morgan fingerprint density at radius 2 is 2.06 bits per heavy atom. The van der Waals surface area contributed by atoms with Gasteiger partial charge in [0.05, 0.1) is 18.3 Å². The SMILES string of the molecule is Nc1ccc(Cn2cc(C(F)(F)F)cn2)c(Br)c1. The van der Waals surface area contributed by atoms with E-state index in [0.29, 0.717) is 5.69 Å². The summed E-state index contributed by atoms with van der Waals surface area (Å²) in [6, 6.07) is 5.13. The molecule has 2 N–H and O–H groups in total. The fraction of sp³-hybridized carbons (Fsp3) is 0.182. The lowest BCUT2D eigenvalue weighted by molar-refractivity contribution is -0.137. The fourth-order valence-corrected chi connectivity index (χ4v) is 1.98. The number of hydrogen-bond acceptors (Lipinski definition) is 2. The zero-order valence-electron chi connectivity index (χ0n) is 9.08. The zero-order valence-corrected chi connectivity index (χ0v) is 10.7. The second kappa shape index (κ2) is 4.64. The normalized spacial score (nSPS) is 11.8. The Labute approximate surface area is 110 Å². The first kappa shape index (κ1) is 12.9. The maximum atomic E-state index is 12.4. The molecular weight excluding hydrogens is 311 g/mol. The number of alkyl halides is 3. The van der Waals surface area contributed by atoms with Gasteiger partial charge >= 0.3 is 6.18 Å². The number of anilines is 1. The lowest BCUT2D eigenvalue weighted by Crippen LogP contribution is -2.04. The van der Waals surface area contributed by atoms with E-state index in [1.165, 1.54) is 4.68 Å². The molecule has 7 heteroatoms. The largest absolute Gasteiger partial charge is 0.419 e. The van der Waals surface area contributed by atoms with Crippen LogP contribution in [0.3, 0.4) is 0 Å². The summed E-state index contributed by atoms with van der Waals surface area (Å²) in [6.45, 7) is 0.247. The fourth-order valence-electron chi connectivity index (χ4n) is 1.46. The molecule has 0 fully saturated rings. The van der Waals surface area contributed by atoms with Gasteiger partial charge in [-0.25, -0.2) is 0 Å². The van der Waals surface area contributed by atoms with Crippen LogP contribution in [0.25, 0.3) is 0 Å². The second-order valence-corrected chi connectivity index (χ2v) is 4.63. The van der Waals surface area contributed by atoms with E-state index in [2.05, 4.69) is 21.0 Å². The van der Waals surface area contributed by atoms with E-state index in [9.17, 15) is 13.2 Å². The van der Waals surface area contributed by atoms with Gasteiger partial charge in [0.2, 0.25) is 0 Å². The quantitative estimate of drug-likeness (QED) is 0.863. The van der Waals surface area contributed by atoms with Gasteiger partial charge < -0.3 is 5.73 Å². The minimum absolute atomic E-state index is 0.247. The predicted octanol–water partition coefficient (Wildman–Crippen LogP) is 3.29. The van der Waals surface area contributed by atoms with Gasteiger partial charge in [-0.2, -0.15) is 18.3 Å². The smallest absolute Gasteiger partial charge is 0.399 e. The molecule has 0 aliphatic carbocycles. The van der Waals surface area contributed by atoms with Crippen molar-refractivity contribution in [2.75, 3.05) is 5.73 Å². The first-order valence-corrected chi connectivity index (χ1v) is 5.79. The molecule has 0 bridgehead atoms. The van der Waals surface area contributed by atoms with Crippen molar-refractivity contribution in [2.45, 2.75) is 12.7 Å². The van der Waals surface area contributed by atoms with E-state index in [0.717, 1.165) is 22.4 Å². The molecule has 0 aliphatic heterocycles. The average Bonchev–Trinajstić information content (AvgIpc) is 2.70. The standard InChI is InChI=1S/C11H9BrF3N3/c12-10-3-9(16)2-1-7(10)5-18-6-8(4-17-18)11(13,14)15/h1-4,6H,5,16H2. The number of nitrogens with two attached hydrogens (primary N) is 1. The van der Waals surface area contributed by atoms with Crippen LogP contribution in [0, 0.1) is 0 Å². The first-order valence-electron chi connectivity index (χ1n) is 5.00. The third kappa shape index (κ3) is 2.84. The maximum Gasteiger partial charge on any atom is 0.419 e. The Kier molecular flexibility index (Phi) is 3.34. The topological polar surface area (TPSA) is 43.8 Å². The molecule has 1 aromatic heterocycles. The zero-order chi connectivity index (χ0) is 13.3. The van der Waals surface area contributed by atoms with Crippen molar-refractivity contribution in [3.8, 4) is 0 Å². The van der Waals surface area contributed by atoms with Gasteiger partial charge in [-0.3, -0.25) is 4.68 Å². The molecule has 0 spiro atoms. The van der Waals surface area contributed by atoms with E-state index >= 15 is 0 Å². The molecule has 0 saturated carbocycles. The Bertz CT molecular complexity index is 563. The highest BCUT2D eigenvalue weighted by atomic mass is 79.9. The number of halogens is 4. The van der Waals surface area contributed by atoms with E-state index in [-0.39, 0.29) is 6.54 Å². The molecule has 18 heavy (non-hydrogen) atoms. The van der Waals surface area contributed by atoms with Gasteiger partial charge in [-0.15, -0.1) is 0 Å². The van der Waals surface area contributed by atoms with Crippen molar-refractivity contribution in [1.29, 1.82) is 0 Å². The molecule has 1 heterocycles. The van der Waals surface area contributed by atoms with Gasteiger partial charge in [0.1, 0.15) is 0 Å². The predicted molar refractivity (Wildman–Crippen MR) is 64.9 cm³/mol. The minimum Gasteiger partial charge on any atom is -0.399 e. The highest BCUT2D eigenvalue weighted by Crippen LogP contribution is 2.29. The lowest BCUT2D eigenvalue weighted by atomic mass is 10.2. The Hall–Kier alpha value is -1.50. The summed E-state index contributed by atoms with van der Waals surface area (Å²) in [4.78, 5) is 0. The highest BCUT2D eigenvalue weighted by molar-refractivity contribution is 9.10. The van der Waals surface area contributed by atoms with Crippen molar-refractivity contribution in [3.63, 3.8) is 0 Å². The van der Waals surface area contributed by atoms with Crippen molar-refractivity contribution in [1.82, 2.24) is 9.78 Å². The number of benzene rings is 1. The third-order valence-corrected chi connectivity index (χ3v) is 3.11. The summed E-state index contributed by atoms with van der Waals surface area (Å²) >= 11 is 3.31. The molecule has 0 aliphatic rings. The molecule has 0 radical (unpaired) electrons. The summed E-state index contributed by atoms with van der Waals surface area (Å²) < 4.78 is 39.2. The van der Waals surface area contributed by atoms with Gasteiger partial charge in [0, 0.05) is 16.4 Å². The molecule has 0 amide bonds. The minimum atomic E-state index is -4.36. The van der Waals surface area contributed by atoms with Gasteiger partial charge in [0.25, 0.3) is 0 Å². The van der Waals surface area contributed by atoms with Crippen molar-refractivity contribution in [2.24, 2.45) is 0 Å². The van der Waals surface area contributed by atoms with Gasteiger partial charge in [0.15, 0.2) is 0 Å². The Balaban J connectivity index is 2.21. The second-order valence-electron chi connectivity index (χ2n) is 3.78. The Morgan fingerprint density at radius 3 is 2.61 bits per heavy atom. The van der Waals surface area contributed by atoms with Crippen LogP contribution in [-0.2, 0) is 12.7 Å². The van der Waals surface area contributed by atoms with Crippen LogP contribution in [-0.4, -0.2) is 9.78 Å². The molecule has 2 aromatic rings.